The van der Waals surface area contributed by atoms with Gasteiger partial charge in [-0.2, -0.15) is 5.10 Å². The summed E-state index contributed by atoms with van der Waals surface area (Å²) in [6, 6.07) is 12.0. The van der Waals surface area contributed by atoms with Crippen molar-refractivity contribution in [1.82, 2.24) is 14.6 Å². The molecule has 0 spiro atoms. The van der Waals surface area contributed by atoms with Crippen molar-refractivity contribution in [2.75, 3.05) is 18.5 Å². The van der Waals surface area contributed by atoms with E-state index in [0.717, 1.165) is 10.4 Å². The molecule has 0 radical (unpaired) electrons. The molecule has 0 saturated heterocycles. The minimum atomic E-state index is -1.27. The monoisotopic (exact) mass is 620 g/mol. The summed E-state index contributed by atoms with van der Waals surface area (Å²) in [5, 5.41) is 19.7. The molecule has 5 aromatic rings. The van der Waals surface area contributed by atoms with Crippen LogP contribution in [0.5, 0.6) is 5.75 Å². The lowest BCUT2D eigenvalue weighted by Crippen LogP contribution is -2.28. The second-order valence-corrected chi connectivity index (χ2v) is 12.9. The van der Waals surface area contributed by atoms with Gasteiger partial charge in [-0.25, -0.2) is 18.7 Å². The predicted octanol–water partition coefficient (Wildman–Crippen LogP) is 7.56. The Balaban J connectivity index is 1.52. The highest BCUT2D eigenvalue weighted by atomic mass is 35.5. The van der Waals surface area contributed by atoms with Gasteiger partial charge in [-0.05, 0) is 69.2 Å². The van der Waals surface area contributed by atoms with E-state index in [-0.39, 0.29) is 5.82 Å². The summed E-state index contributed by atoms with van der Waals surface area (Å²) in [6.45, 7) is 8.44. The van der Waals surface area contributed by atoms with E-state index < -0.39 is 17.7 Å². The molecule has 0 fully saturated rings. The zero-order valence-electron chi connectivity index (χ0n) is 24.1. The Labute approximate surface area is 257 Å². The molecular weight excluding hydrogens is 591 g/mol. The molecule has 2 aromatic carbocycles. The standard InChI is InChI=1S/C32H30ClFN4O4S/c1-17-16-38-23(14-22(37-38)30-36-15-20(43-30)13-18-5-7-19(34)8-6-18)26(25(17)29(31(39)40)42-32(2,3)4)21-9-10-24-28(27(21)33)35-11-12-41-24/h5-10,14-16,29,35H,11-13H2,1-4H3,(H,39,40). The fourth-order valence-electron chi connectivity index (χ4n) is 5.26. The quantitative estimate of drug-likeness (QED) is 0.194. The summed E-state index contributed by atoms with van der Waals surface area (Å²) in [5.41, 5.74) is 4.62. The van der Waals surface area contributed by atoms with E-state index in [0.29, 0.717) is 74.5 Å². The van der Waals surface area contributed by atoms with E-state index in [1.807, 2.05) is 45.9 Å². The molecule has 0 aliphatic carbocycles. The maximum Gasteiger partial charge on any atom is 0.337 e. The van der Waals surface area contributed by atoms with Crippen LogP contribution in [0.3, 0.4) is 0 Å². The summed E-state index contributed by atoms with van der Waals surface area (Å²) in [6.07, 6.45) is 2.95. The number of pyridine rings is 1. The molecule has 1 aliphatic rings. The summed E-state index contributed by atoms with van der Waals surface area (Å²) >= 11 is 8.52. The summed E-state index contributed by atoms with van der Waals surface area (Å²) in [7, 11) is 0. The molecule has 2 N–H and O–H groups in total. The third-order valence-electron chi connectivity index (χ3n) is 7.06. The first kappa shape index (κ1) is 29.1. The van der Waals surface area contributed by atoms with Crippen LogP contribution in [0.1, 0.15) is 48.4 Å². The zero-order valence-corrected chi connectivity index (χ0v) is 25.6. The predicted molar refractivity (Wildman–Crippen MR) is 166 cm³/mol. The van der Waals surface area contributed by atoms with Crippen LogP contribution in [0, 0.1) is 12.7 Å². The van der Waals surface area contributed by atoms with Crippen LogP contribution < -0.4 is 10.1 Å². The Morgan fingerprint density at radius 1 is 1.26 bits per heavy atom. The number of fused-ring (bicyclic) bond motifs is 2. The maximum atomic E-state index is 13.4. The van der Waals surface area contributed by atoms with Crippen molar-refractivity contribution in [2.24, 2.45) is 0 Å². The molecule has 8 nitrogen and oxygen atoms in total. The first-order chi connectivity index (χ1) is 20.5. The number of halogens is 2. The number of aliphatic carboxylic acids is 1. The average molecular weight is 621 g/mol. The number of hydrogen-bond acceptors (Lipinski definition) is 7. The normalized spacial score (nSPS) is 13.8. The molecule has 1 unspecified atom stereocenters. The fourth-order valence-corrected chi connectivity index (χ4v) is 6.48. The molecule has 0 saturated carbocycles. The number of aryl methyl sites for hydroxylation is 1. The number of carboxylic acids is 1. The number of nitrogens with zero attached hydrogens (tertiary/aromatic N) is 3. The van der Waals surface area contributed by atoms with Crippen molar-refractivity contribution in [3.05, 3.63) is 87.3 Å². The van der Waals surface area contributed by atoms with Crippen molar-refractivity contribution < 1.29 is 23.8 Å². The van der Waals surface area contributed by atoms with Crippen LogP contribution in [0.2, 0.25) is 5.02 Å². The summed E-state index contributed by atoms with van der Waals surface area (Å²) in [5.74, 6) is -0.745. The Hall–Kier alpha value is -3.99. The van der Waals surface area contributed by atoms with Crippen LogP contribution in [0.25, 0.3) is 27.3 Å². The smallest absolute Gasteiger partial charge is 0.337 e. The molecule has 3 aromatic heterocycles. The van der Waals surface area contributed by atoms with E-state index in [1.54, 1.807) is 29.0 Å². The van der Waals surface area contributed by atoms with Crippen LogP contribution in [-0.4, -0.2) is 44.4 Å². The van der Waals surface area contributed by atoms with Crippen molar-refractivity contribution in [3.8, 4) is 27.6 Å². The topological polar surface area (TPSA) is 98.0 Å². The highest BCUT2D eigenvalue weighted by Gasteiger charge is 2.33. The molecular formula is C32H30ClFN4O4S. The van der Waals surface area contributed by atoms with Gasteiger partial charge in [0.05, 0.1) is 21.8 Å². The SMILES string of the molecule is Cc1cn2nc(-c3ncc(Cc4ccc(F)cc4)s3)cc2c(-c2ccc3c(c2Cl)NCCO3)c1C(OC(C)(C)C)C(=O)O. The number of anilines is 1. The van der Waals surface area contributed by atoms with Crippen LogP contribution in [0.15, 0.2) is 54.9 Å². The minimum Gasteiger partial charge on any atom is -0.490 e. The van der Waals surface area contributed by atoms with Crippen molar-refractivity contribution in [1.29, 1.82) is 0 Å². The van der Waals surface area contributed by atoms with E-state index in [9.17, 15) is 14.3 Å². The third kappa shape index (κ3) is 5.82. The molecule has 222 valence electrons. The van der Waals surface area contributed by atoms with Crippen LogP contribution in [0.4, 0.5) is 10.1 Å². The molecule has 1 atom stereocenters. The number of nitrogens with one attached hydrogen (secondary N) is 1. The number of aromatic nitrogens is 3. The van der Waals surface area contributed by atoms with E-state index in [1.165, 1.54) is 23.5 Å². The third-order valence-corrected chi connectivity index (χ3v) is 8.47. The largest absolute Gasteiger partial charge is 0.490 e. The van der Waals surface area contributed by atoms with E-state index in [4.69, 9.17) is 26.2 Å². The van der Waals surface area contributed by atoms with E-state index in [2.05, 4.69) is 10.3 Å². The van der Waals surface area contributed by atoms with Crippen molar-refractivity contribution in [2.45, 2.75) is 45.8 Å². The number of benzene rings is 2. The number of carbonyl (C=O) groups is 1. The van der Waals surface area contributed by atoms with Gasteiger partial charge in [0.15, 0.2) is 6.10 Å². The number of hydrogen-bond donors (Lipinski definition) is 2. The van der Waals surface area contributed by atoms with E-state index >= 15 is 0 Å². The van der Waals surface area contributed by atoms with Crippen molar-refractivity contribution >= 4 is 40.1 Å². The number of rotatable bonds is 7. The number of carboxylic acid groups (broad SMARTS) is 1. The minimum absolute atomic E-state index is 0.274. The lowest BCUT2D eigenvalue weighted by molar-refractivity contribution is -0.160. The fraction of sp³-hybridized carbons (Fsp3) is 0.281. The lowest BCUT2D eigenvalue weighted by atomic mass is 9.91. The Kier molecular flexibility index (Phi) is 7.62. The zero-order chi connectivity index (χ0) is 30.5. The van der Waals surface area contributed by atoms with Crippen LogP contribution >= 0.6 is 22.9 Å². The Morgan fingerprint density at radius 2 is 2.02 bits per heavy atom. The molecule has 6 rings (SSSR count). The second-order valence-electron chi connectivity index (χ2n) is 11.4. The van der Waals surface area contributed by atoms with Gasteiger partial charge >= 0.3 is 5.97 Å². The maximum absolute atomic E-state index is 13.4. The summed E-state index contributed by atoms with van der Waals surface area (Å²) < 4.78 is 27.0. The van der Waals surface area contributed by atoms with Crippen molar-refractivity contribution in [3.63, 3.8) is 0 Å². The second kappa shape index (κ2) is 11.3. The molecule has 11 heteroatoms. The van der Waals surface area contributed by atoms with Gasteiger partial charge in [-0.15, -0.1) is 11.3 Å². The molecule has 1 aliphatic heterocycles. The van der Waals surface area contributed by atoms with Gasteiger partial charge in [-0.3, -0.25) is 0 Å². The van der Waals surface area contributed by atoms with Gasteiger partial charge in [0.25, 0.3) is 0 Å². The summed E-state index contributed by atoms with van der Waals surface area (Å²) in [4.78, 5) is 18.4. The number of ether oxygens (including phenoxy) is 2. The molecule has 43 heavy (non-hydrogen) atoms. The van der Waals surface area contributed by atoms with Gasteiger partial charge in [-0.1, -0.05) is 23.7 Å². The first-order valence-electron chi connectivity index (χ1n) is 13.8. The van der Waals surface area contributed by atoms with Gasteiger partial charge < -0.3 is 19.9 Å². The Bertz CT molecular complexity index is 1850. The van der Waals surface area contributed by atoms with Crippen LogP contribution in [-0.2, 0) is 16.0 Å². The molecule has 4 heterocycles. The average Bonchev–Trinajstić information content (AvgIpc) is 3.59. The molecule has 0 bridgehead atoms. The highest BCUT2D eigenvalue weighted by Crippen LogP contribution is 2.46. The lowest BCUT2D eigenvalue weighted by Gasteiger charge is -2.29. The number of thiazole rings is 1. The Morgan fingerprint density at radius 3 is 2.74 bits per heavy atom. The van der Waals surface area contributed by atoms with Gasteiger partial charge in [0.2, 0.25) is 0 Å². The first-order valence-corrected chi connectivity index (χ1v) is 15.0. The highest BCUT2D eigenvalue weighted by molar-refractivity contribution is 7.15. The van der Waals surface area contributed by atoms with Gasteiger partial charge in [0, 0.05) is 46.9 Å². The molecule has 0 amide bonds. The van der Waals surface area contributed by atoms with Gasteiger partial charge in [0.1, 0.15) is 28.9 Å².